The molecule has 5 nitrogen and oxygen atoms in total. The fourth-order valence-corrected chi connectivity index (χ4v) is 3.73. The normalized spacial score (nSPS) is 15.0. The minimum atomic E-state index is 0.405. The average molecular weight is 343 g/mol. The van der Waals surface area contributed by atoms with Crippen LogP contribution in [0.15, 0.2) is 29.6 Å². The summed E-state index contributed by atoms with van der Waals surface area (Å²) in [4.78, 5) is 3.11. The Kier molecular flexibility index (Phi) is 5.11. The SMILES string of the molecule is COc1cc(NC2CCN(c3ccsc3C#N)CC2)cc(OC)c1. The van der Waals surface area contributed by atoms with E-state index in [0.717, 1.165) is 53.7 Å². The van der Waals surface area contributed by atoms with Crippen molar-refractivity contribution in [1.82, 2.24) is 0 Å². The summed E-state index contributed by atoms with van der Waals surface area (Å²) >= 11 is 1.51. The molecule has 6 heteroatoms. The summed E-state index contributed by atoms with van der Waals surface area (Å²) in [5.41, 5.74) is 2.09. The van der Waals surface area contributed by atoms with E-state index >= 15 is 0 Å². The highest BCUT2D eigenvalue weighted by atomic mass is 32.1. The van der Waals surface area contributed by atoms with Gasteiger partial charge in [0.05, 0.1) is 19.9 Å². The number of nitrogens with one attached hydrogen (secondary N) is 1. The second kappa shape index (κ2) is 7.45. The molecule has 0 atom stereocenters. The van der Waals surface area contributed by atoms with E-state index in [2.05, 4.69) is 16.3 Å². The van der Waals surface area contributed by atoms with Gasteiger partial charge < -0.3 is 19.7 Å². The molecule has 2 heterocycles. The molecule has 1 aliphatic heterocycles. The van der Waals surface area contributed by atoms with Crippen LogP contribution in [0.25, 0.3) is 0 Å². The van der Waals surface area contributed by atoms with Crippen LogP contribution in [0.2, 0.25) is 0 Å². The first-order valence-electron chi connectivity index (χ1n) is 7.95. The Hall–Kier alpha value is -2.39. The number of ether oxygens (including phenoxy) is 2. The first-order chi connectivity index (χ1) is 11.7. The third-order valence-corrected chi connectivity index (χ3v) is 5.11. The van der Waals surface area contributed by atoms with Gasteiger partial charge in [0.2, 0.25) is 0 Å². The van der Waals surface area contributed by atoms with Crippen LogP contribution in [0, 0.1) is 11.3 Å². The number of nitriles is 1. The van der Waals surface area contributed by atoms with Crippen molar-refractivity contribution in [3.63, 3.8) is 0 Å². The van der Waals surface area contributed by atoms with E-state index in [9.17, 15) is 5.26 Å². The number of thiophene rings is 1. The van der Waals surface area contributed by atoms with E-state index in [1.807, 2.05) is 29.6 Å². The van der Waals surface area contributed by atoms with Gasteiger partial charge in [0.25, 0.3) is 0 Å². The lowest BCUT2D eigenvalue weighted by molar-refractivity contribution is 0.394. The maximum atomic E-state index is 9.18. The molecule has 0 spiro atoms. The molecule has 2 aromatic rings. The molecule has 0 amide bonds. The fraction of sp³-hybridized carbons (Fsp3) is 0.389. The van der Waals surface area contributed by atoms with Crippen molar-refractivity contribution in [3.05, 3.63) is 34.5 Å². The molecular weight excluding hydrogens is 322 g/mol. The largest absolute Gasteiger partial charge is 0.497 e. The van der Waals surface area contributed by atoms with Gasteiger partial charge in [0, 0.05) is 43.0 Å². The smallest absolute Gasteiger partial charge is 0.128 e. The summed E-state index contributed by atoms with van der Waals surface area (Å²) in [6.45, 7) is 1.90. The average Bonchev–Trinajstić information content (AvgIpc) is 3.10. The van der Waals surface area contributed by atoms with Gasteiger partial charge >= 0.3 is 0 Å². The Morgan fingerprint density at radius 2 is 1.83 bits per heavy atom. The van der Waals surface area contributed by atoms with Gasteiger partial charge in [-0.3, -0.25) is 0 Å². The zero-order valence-corrected chi connectivity index (χ0v) is 14.7. The number of anilines is 2. The molecule has 1 N–H and O–H groups in total. The second-order valence-corrected chi connectivity index (χ2v) is 6.67. The predicted molar refractivity (Wildman–Crippen MR) is 97.4 cm³/mol. The van der Waals surface area contributed by atoms with Crippen LogP contribution >= 0.6 is 11.3 Å². The molecule has 0 radical (unpaired) electrons. The Morgan fingerprint density at radius 1 is 1.17 bits per heavy atom. The van der Waals surface area contributed by atoms with Gasteiger partial charge in [-0.1, -0.05) is 0 Å². The highest BCUT2D eigenvalue weighted by Gasteiger charge is 2.21. The van der Waals surface area contributed by atoms with Crippen LogP contribution in [0.4, 0.5) is 11.4 Å². The van der Waals surface area contributed by atoms with E-state index in [1.165, 1.54) is 11.3 Å². The Balaban J connectivity index is 1.62. The summed E-state index contributed by atoms with van der Waals surface area (Å²) in [7, 11) is 3.31. The summed E-state index contributed by atoms with van der Waals surface area (Å²) in [6, 6.07) is 10.6. The van der Waals surface area contributed by atoms with Gasteiger partial charge in [-0.25, -0.2) is 0 Å². The van der Waals surface area contributed by atoms with Crippen molar-refractivity contribution in [2.75, 3.05) is 37.5 Å². The van der Waals surface area contributed by atoms with E-state index in [-0.39, 0.29) is 0 Å². The molecule has 24 heavy (non-hydrogen) atoms. The maximum absolute atomic E-state index is 9.18. The topological polar surface area (TPSA) is 57.5 Å². The number of hydrogen-bond acceptors (Lipinski definition) is 6. The molecule has 3 rings (SSSR count). The molecule has 0 saturated carbocycles. The number of hydrogen-bond donors (Lipinski definition) is 1. The number of methoxy groups -OCH3 is 2. The lowest BCUT2D eigenvalue weighted by atomic mass is 10.0. The van der Waals surface area contributed by atoms with Crippen molar-refractivity contribution in [1.29, 1.82) is 5.26 Å². The molecule has 0 bridgehead atoms. The van der Waals surface area contributed by atoms with Crippen molar-refractivity contribution >= 4 is 22.7 Å². The molecule has 1 fully saturated rings. The molecule has 0 aliphatic carbocycles. The van der Waals surface area contributed by atoms with Crippen LogP contribution in [-0.2, 0) is 0 Å². The third-order valence-electron chi connectivity index (χ3n) is 4.30. The molecule has 1 saturated heterocycles. The van der Waals surface area contributed by atoms with Gasteiger partial charge in [0.15, 0.2) is 0 Å². The van der Waals surface area contributed by atoms with Crippen LogP contribution in [0.5, 0.6) is 11.5 Å². The van der Waals surface area contributed by atoms with Gasteiger partial charge in [-0.15, -0.1) is 11.3 Å². The Morgan fingerprint density at radius 3 is 2.42 bits per heavy atom. The van der Waals surface area contributed by atoms with Crippen molar-refractivity contribution in [2.24, 2.45) is 0 Å². The lowest BCUT2D eigenvalue weighted by Crippen LogP contribution is -2.39. The summed E-state index contributed by atoms with van der Waals surface area (Å²) in [5.74, 6) is 1.57. The number of benzene rings is 1. The number of nitrogens with zero attached hydrogens (tertiary/aromatic N) is 2. The highest BCUT2D eigenvalue weighted by molar-refractivity contribution is 7.11. The third kappa shape index (κ3) is 3.57. The van der Waals surface area contributed by atoms with Gasteiger partial charge in [-0.05, 0) is 24.3 Å². The minimum Gasteiger partial charge on any atom is -0.497 e. The molecule has 126 valence electrons. The maximum Gasteiger partial charge on any atom is 0.128 e. The fourth-order valence-electron chi connectivity index (χ4n) is 3.03. The van der Waals surface area contributed by atoms with Crippen LogP contribution in [0.3, 0.4) is 0 Å². The Labute approximate surface area is 146 Å². The molecule has 1 aliphatic rings. The minimum absolute atomic E-state index is 0.405. The Bertz CT molecular complexity index is 708. The number of piperidine rings is 1. The van der Waals surface area contributed by atoms with E-state index < -0.39 is 0 Å². The van der Waals surface area contributed by atoms with Crippen LogP contribution in [-0.4, -0.2) is 33.4 Å². The summed E-state index contributed by atoms with van der Waals surface area (Å²) in [5, 5.41) is 14.7. The van der Waals surface area contributed by atoms with Crippen LogP contribution < -0.4 is 19.7 Å². The van der Waals surface area contributed by atoms with Crippen molar-refractivity contribution in [2.45, 2.75) is 18.9 Å². The van der Waals surface area contributed by atoms with E-state index in [1.54, 1.807) is 14.2 Å². The predicted octanol–water partition coefficient (Wildman–Crippen LogP) is 3.72. The highest BCUT2D eigenvalue weighted by Crippen LogP contribution is 2.30. The summed E-state index contributed by atoms with van der Waals surface area (Å²) < 4.78 is 10.6. The quantitative estimate of drug-likeness (QED) is 0.897. The standard InChI is InChI=1S/C18H21N3O2S/c1-22-15-9-14(10-16(11-15)23-2)20-13-3-6-21(7-4-13)17-5-8-24-18(17)12-19/h5,8-11,13,20H,3-4,6-7H2,1-2H3. The van der Waals surface area contributed by atoms with Crippen molar-refractivity contribution in [3.8, 4) is 17.6 Å². The molecule has 1 aromatic carbocycles. The summed E-state index contributed by atoms with van der Waals surface area (Å²) in [6.07, 6.45) is 2.06. The second-order valence-electron chi connectivity index (χ2n) is 5.75. The van der Waals surface area contributed by atoms with Gasteiger partial charge in [0.1, 0.15) is 22.4 Å². The molecule has 0 unspecified atom stereocenters. The van der Waals surface area contributed by atoms with Gasteiger partial charge in [-0.2, -0.15) is 5.26 Å². The number of rotatable bonds is 5. The molecular formula is C18H21N3O2S. The molecule has 1 aromatic heterocycles. The van der Waals surface area contributed by atoms with E-state index in [4.69, 9.17) is 9.47 Å². The zero-order chi connectivity index (χ0) is 16.9. The zero-order valence-electron chi connectivity index (χ0n) is 13.9. The van der Waals surface area contributed by atoms with E-state index in [0.29, 0.717) is 6.04 Å². The lowest BCUT2D eigenvalue weighted by Gasteiger charge is -2.34. The van der Waals surface area contributed by atoms with Crippen molar-refractivity contribution < 1.29 is 9.47 Å². The monoisotopic (exact) mass is 343 g/mol. The first-order valence-corrected chi connectivity index (χ1v) is 8.83. The first kappa shape index (κ1) is 16.5. The van der Waals surface area contributed by atoms with Crippen LogP contribution in [0.1, 0.15) is 17.7 Å².